The summed E-state index contributed by atoms with van der Waals surface area (Å²) in [5, 5.41) is 0. The summed E-state index contributed by atoms with van der Waals surface area (Å²) in [6.07, 6.45) is 0. The summed E-state index contributed by atoms with van der Waals surface area (Å²) >= 11 is 0. The van der Waals surface area contributed by atoms with Crippen LogP contribution in [0.1, 0.15) is 16.7 Å². The van der Waals surface area contributed by atoms with Crippen LogP contribution >= 0.6 is 0 Å². The molecule has 0 fully saturated rings. The maximum atomic E-state index is 2.31. The zero-order valence-corrected chi connectivity index (χ0v) is 22.8. The van der Waals surface area contributed by atoms with Gasteiger partial charge in [-0.1, -0.05) is 132 Å². The Kier molecular flexibility index (Phi) is 6.69. The summed E-state index contributed by atoms with van der Waals surface area (Å²) in [7, 11) is 0. The van der Waals surface area contributed by atoms with E-state index in [1.807, 2.05) is 0 Å². The van der Waals surface area contributed by atoms with Crippen molar-refractivity contribution in [2.24, 2.45) is 0 Å². The van der Waals surface area contributed by atoms with E-state index in [1.165, 1.54) is 72.3 Å². The molecule has 0 heterocycles. The molecule has 0 nitrogen and oxygen atoms in total. The highest BCUT2D eigenvalue weighted by atomic mass is 14.1. The zero-order valence-electron chi connectivity index (χ0n) is 22.8. The van der Waals surface area contributed by atoms with Crippen molar-refractivity contribution < 1.29 is 0 Å². The van der Waals surface area contributed by atoms with Crippen molar-refractivity contribution in [2.75, 3.05) is 0 Å². The zero-order chi connectivity index (χ0) is 26.8. The van der Waals surface area contributed by atoms with Crippen LogP contribution in [0.4, 0.5) is 0 Å². The lowest BCUT2D eigenvalue weighted by Crippen LogP contribution is -1.86. The SMILES string of the molecule is Cc1ccc(-c2cccc(-c3cccc(-c4cccc(-c5cccc(-c6cc(C)cc(C)c6)c5)c4)c3)c2)cc1. The average molecular weight is 501 g/mol. The fourth-order valence-electron chi connectivity index (χ4n) is 5.40. The van der Waals surface area contributed by atoms with Crippen LogP contribution in [0, 0.1) is 20.8 Å². The first-order valence-electron chi connectivity index (χ1n) is 13.6. The van der Waals surface area contributed by atoms with Crippen molar-refractivity contribution in [3.63, 3.8) is 0 Å². The van der Waals surface area contributed by atoms with E-state index in [9.17, 15) is 0 Å². The van der Waals surface area contributed by atoms with Crippen LogP contribution in [0.15, 0.2) is 140 Å². The molecule has 6 aromatic rings. The Balaban J connectivity index is 1.33. The van der Waals surface area contributed by atoms with Gasteiger partial charge in [0, 0.05) is 0 Å². The van der Waals surface area contributed by atoms with Gasteiger partial charge in [0.05, 0.1) is 0 Å². The Morgan fingerprint density at radius 3 is 0.897 bits per heavy atom. The topological polar surface area (TPSA) is 0 Å². The molecule has 0 aromatic heterocycles. The van der Waals surface area contributed by atoms with E-state index in [1.54, 1.807) is 0 Å². The van der Waals surface area contributed by atoms with E-state index in [4.69, 9.17) is 0 Å². The number of rotatable bonds is 5. The van der Waals surface area contributed by atoms with Crippen molar-refractivity contribution in [3.8, 4) is 55.6 Å². The van der Waals surface area contributed by atoms with Crippen LogP contribution in [0.3, 0.4) is 0 Å². The second kappa shape index (κ2) is 10.6. The normalized spacial score (nSPS) is 10.9. The van der Waals surface area contributed by atoms with Gasteiger partial charge in [0.2, 0.25) is 0 Å². The molecular weight excluding hydrogens is 468 g/mol. The third kappa shape index (κ3) is 5.47. The van der Waals surface area contributed by atoms with Crippen LogP contribution in [0.2, 0.25) is 0 Å². The lowest BCUT2D eigenvalue weighted by Gasteiger charge is -2.11. The lowest BCUT2D eigenvalue weighted by molar-refractivity contribution is 1.38. The Labute approximate surface area is 232 Å². The molecule has 0 bridgehead atoms. The first kappa shape index (κ1) is 24.6. The van der Waals surface area contributed by atoms with Gasteiger partial charge >= 0.3 is 0 Å². The summed E-state index contributed by atoms with van der Waals surface area (Å²) in [4.78, 5) is 0. The van der Waals surface area contributed by atoms with Gasteiger partial charge in [0.25, 0.3) is 0 Å². The average Bonchev–Trinajstić information content (AvgIpc) is 2.97. The molecule has 0 atom stereocenters. The molecule has 0 heteroatoms. The molecule has 0 saturated heterocycles. The minimum absolute atomic E-state index is 1.22. The minimum atomic E-state index is 1.22. The molecule has 6 aromatic carbocycles. The van der Waals surface area contributed by atoms with E-state index in [2.05, 4.69) is 160 Å². The third-order valence-corrected chi connectivity index (χ3v) is 7.39. The first-order valence-corrected chi connectivity index (χ1v) is 13.6. The van der Waals surface area contributed by atoms with Crippen molar-refractivity contribution in [2.45, 2.75) is 20.8 Å². The summed E-state index contributed by atoms with van der Waals surface area (Å²) < 4.78 is 0. The molecule has 0 spiro atoms. The number of aryl methyl sites for hydroxylation is 3. The van der Waals surface area contributed by atoms with E-state index < -0.39 is 0 Å². The van der Waals surface area contributed by atoms with Crippen molar-refractivity contribution in [1.29, 1.82) is 0 Å². The van der Waals surface area contributed by atoms with Gasteiger partial charge in [-0.05, 0) is 101 Å². The maximum absolute atomic E-state index is 2.31. The Hall–Kier alpha value is -4.68. The predicted octanol–water partition coefficient (Wildman–Crippen LogP) is 10.9. The molecule has 0 unspecified atom stereocenters. The summed E-state index contributed by atoms with van der Waals surface area (Å²) in [6.45, 7) is 6.45. The maximum Gasteiger partial charge on any atom is -0.0178 e. The standard InChI is InChI=1S/C39H32/c1-27-16-18-30(19-17-27)31-8-4-9-32(23-31)33-10-5-11-34(24-33)35-12-6-13-36(25-35)37-14-7-15-38(26-37)39-21-28(2)20-29(3)22-39/h4-26H,1-3H3. The van der Waals surface area contributed by atoms with Crippen LogP contribution in [0.25, 0.3) is 55.6 Å². The Morgan fingerprint density at radius 1 is 0.231 bits per heavy atom. The van der Waals surface area contributed by atoms with Crippen LogP contribution in [-0.4, -0.2) is 0 Å². The highest BCUT2D eigenvalue weighted by Gasteiger charge is 2.07. The van der Waals surface area contributed by atoms with Crippen molar-refractivity contribution in [3.05, 3.63) is 156 Å². The Bertz CT molecular complexity index is 1750. The molecule has 0 N–H and O–H groups in total. The molecule has 0 amide bonds. The Morgan fingerprint density at radius 2 is 0.538 bits per heavy atom. The van der Waals surface area contributed by atoms with Crippen LogP contribution in [0.5, 0.6) is 0 Å². The molecule has 39 heavy (non-hydrogen) atoms. The van der Waals surface area contributed by atoms with Gasteiger partial charge in [-0.15, -0.1) is 0 Å². The number of hydrogen-bond donors (Lipinski definition) is 0. The fourth-order valence-corrected chi connectivity index (χ4v) is 5.40. The van der Waals surface area contributed by atoms with Gasteiger partial charge in [0.1, 0.15) is 0 Å². The molecule has 6 rings (SSSR count). The van der Waals surface area contributed by atoms with E-state index in [-0.39, 0.29) is 0 Å². The van der Waals surface area contributed by atoms with Gasteiger partial charge in [-0.3, -0.25) is 0 Å². The van der Waals surface area contributed by atoms with E-state index in [0.717, 1.165) is 0 Å². The summed E-state index contributed by atoms with van der Waals surface area (Å²) in [5.41, 5.74) is 16.2. The molecule has 0 radical (unpaired) electrons. The third-order valence-electron chi connectivity index (χ3n) is 7.39. The van der Waals surface area contributed by atoms with E-state index >= 15 is 0 Å². The van der Waals surface area contributed by atoms with Crippen LogP contribution in [-0.2, 0) is 0 Å². The summed E-state index contributed by atoms with van der Waals surface area (Å²) in [5.74, 6) is 0. The molecule has 0 aliphatic rings. The predicted molar refractivity (Wildman–Crippen MR) is 168 cm³/mol. The van der Waals surface area contributed by atoms with Gasteiger partial charge in [-0.25, -0.2) is 0 Å². The molecule has 188 valence electrons. The quantitative estimate of drug-likeness (QED) is 0.221. The van der Waals surface area contributed by atoms with Crippen LogP contribution < -0.4 is 0 Å². The van der Waals surface area contributed by atoms with E-state index in [0.29, 0.717) is 0 Å². The lowest BCUT2D eigenvalue weighted by atomic mass is 9.93. The smallest absolute Gasteiger partial charge is 0.0178 e. The van der Waals surface area contributed by atoms with Crippen molar-refractivity contribution in [1.82, 2.24) is 0 Å². The monoisotopic (exact) mass is 500 g/mol. The summed E-state index contributed by atoms with van der Waals surface area (Å²) in [6, 6.07) is 51.0. The van der Waals surface area contributed by atoms with Crippen molar-refractivity contribution >= 4 is 0 Å². The highest BCUT2D eigenvalue weighted by molar-refractivity contribution is 5.80. The second-order valence-electron chi connectivity index (χ2n) is 10.6. The number of hydrogen-bond acceptors (Lipinski definition) is 0. The fraction of sp³-hybridized carbons (Fsp3) is 0.0769. The molecule has 0 aliphatic carbocycles. The highest BCUT2D eigenvalue weighted by Crippen LogP contribution is 2.33. The van der Waals surface area contributed by atoms with Gasteiger partial charge in [-0.2, -0.15) is 0 Å². The number of benzene rings is 6. The first-order chi connectivity index (χ1) is 19.0. The van der Waals surface area contributed by atoms with Gasteiger partial charge < -0.3 is 0 Å². The van der Waals surface area contributed by atoms with Gasteiger partial charge in [0.15, 0.2) is 0 Å². The second-order valence-corrected chi connectivity index (χ2v) is 10.6. The minimum Gasteiger partial charge on any atom is -0.0610 e. The largest absolute Gasteiger partial charge is 0.0610 e. The molecule has 0 aliphatic heterocycles. The molecule has 0 saturated carbocycles. The molecular formula is C39H32.